The van der Waals surface area contributed by atoms with Crippen LogP contribution < -0.4 is 15.8 Å². The van der Waals surface area contributed by atoms with Gasteiger partial charge in [-0.25, -0.2) is 9.37 Å². The number of ether oxygens (including phenoxy) is 1. The second-order valence-corrected chi connectivity index (χ2v) is 6.02. The van der Waals surface area contributed by atoms with Crippen molar-refractivity contribution in [2.75, 3.05) is 11.1 Å². The molecule has 0 aliphatic heterocycles. The summed E-state index contributed by atoms with van der Waals surface area (Å²) in [4.78, 5) is 8.12. The van der Waals surface area contributed by atoms with Crippen LogP contribution in [0.3, 0.4) is 0 Å². The van der Waals surface area contributed by atoms with Gasteiger partial charge in [0.05, 0.1) is 5.02 Å². The van der Waals surface area contributed by atoms with Crippen LogP contribution in [0.1, 0.15) is 5.56 Å². The molecular formula is C17H13Cl2FN4O. The van der Waals surface area contributed by atoms with E-state index in [9.17, 15) is 4.39 Å². The molecule has 0 saturated heterocycles. The van der Waals surface area contributed by atoms with Crippen molar-refractivity contribution in [1.82, 2.24) is 9.97 Å². The molecule has 2 aromatic carbocycles. The minimum absolute atomic E-state index is 0.00857. The van der Waals surface area contributed by atoms with E-state index in [1.165, 1.54) is 24.5 Å². The summed E-state index contributed by atoms with van der Waals surface area (Å²) in [7, 11) is 0. The molecule has 0 amide bonds. The van der Waals surface area contributed by atoms with Gasteiger partial charge in [0.2, 0.25) is 5.88 Å². The number of benzene rings is 2. The van der Waals surface area contributed by atoms with E-state index in [0.717, 1.165) is 5.56 Å². The Labute approximate surface area is 153 Å². The molecule has 0 radical (unpaired) electrons. The average Bonchev–Trinajstić information content (AvgIpc) is 2.58. The zero-order valence-corrected chi connectivity index (χ0v) is 14.6. The Bertz CT molecular complexity index is 865. The summed E-state index contributed by atoms with van der Waals surface area (Å²) in [6.45, 7) is 1.86. The van der Waals surface area contributed by atoms with E-state index in [-0.39, 0.29) is 16.6 Å². The van der Waals surface area contributed by atoms with Gasteiger partial charge in [-0.15, -0.1) is 0 Å². The maximum Gasteiger partial charge on any atom is 0.248 e. The summed E-state index contributed by atoms with van der Waals surface area (Å²) in [5, 5.41) is 3.59. The minimum atomic E-state index is -0.509. The number of aromatic nitrogens is 2. The third-order valence-corrected chi connectivity index (χ3v) is 4.09. The highest BCUT2D eigenvalue weighted by atomic mass is 35.5. The minimum Gasteiger partial charge on any atom is -0.437 e. The number of nitrogens with one attached hydrogen (secondary N) is 1. The lowest BCUT2D eigenvalue weighted by Crippen LogP contribution is -2.03. The number of halogens is 3. The molecule has 8 heteroatoms. The molecule has 3 aromatic rings. The van der Waals surface area contributed by atoms with Gasteiger partial charge in [0.1, 0.15) is 23.6 Å². The molecule has 1 heterocycles. The van der Waals surface area contributed by atoms with Gasteiger partial charge in [0, 0.05) is 10.7 Å². The Hall–Kier alpha value is -2.57. The molecule has 0 bridgehead atoms. The average molecular weight is 379 g/mol. The largest absolute Gasteiger partial charge is 0.437 e. The molecule has 0 unspecified atom stereocenters. The van der Waals surface area contributed by atoms with E-state index in [2.05, 4.69) is 15.3 Å². The molecule has 3 N–H and O–H groups in total. The van der Waals surface area contributed by atoms with Crippen LogP contribution in [-0.4, -0.2) is 9.97 Å². The van der Waals surface area contributed by atoms with Crippen LogP contribution in [0.25, 0.3) is 0 Å². The Morgan fingerprint density at radius 3 is 2.60 bits per heavy atom. The van der Waals surface area contributed by atoms with E-state index >= 15 is 0 Å². The molecule has 0 aliphatic rings. The van der Waals surface area contributed by atoms with Crippen molar-refractivity contribution >= 4 is 40.4 Å². The maximum atomic E-state index is 13.2. The van der Waals surface area contributed by atoms with Crippen LogP contribution in [0.15, 0.2) is 42.7 Å². The topological polar surface area (TPSA) is 73.1 Å². The Morgan fingerprint density at radius 2 is 1.88 bits per heavy atom. The Kier molecular flexibility index (Phi) is 4.92. The quantitative estimate of drug-likeness (QED) is 0.639. The molecular weight excluding hydrogens is 366 g/mol. The second kappa shape index (κ2) is 7.13. The third kappa shape index (κ3) is 3.92. The number of nitrogens with two attached hydrogens (primary N) is 1. The molecule has 0 spiro atoms. The lowest BCUT2D eigenvalue weighted by molar-refractivity contribution is 0.464. The zero-order valence-electron chi connectivity index (χ0n) is 13.1. The summed E-state index contributed by atoms with van der Waals surface area (Å²) < 4.78 is 19.0. The first-order chi connectivity index (χ1) is 11.9. The number of anilines is 3. The highest BCUT2D eigenvalue weighted by Gasteiger charge is 2.12. The lowest BCUT2D eigenvalue weighted by atomic mass is 10.2. The first-order valence-corrected chi connectivity index (χ1v) is 7.96. The van der Waals surface area contributed by atoms with Crippen molar-refractivity contribution in [3.8, 4) is 11.6 Å². The van der Waals surface area contributed by atoms with Crippen molar-refractivity contribution in [2.45, 2.75) is 6.92 Å². The van der Waals surface area contributed by atoms with Gasteiger partial charge in [-0.1, -0.05) is 23.2 Å². The van der Waals surface area contributed by atoms with E-state index in [0.29, 0.717) is 22.3 Å². The second-order valence-electron chi connectivity index (χ2n) is 5.21. The molecule has 1 aromatic heterocycles. The van der Waals surface area contributed by atoms with Crippen molar-refractivity contribution in [2.24, 2.45) is 0 Å². The van der Waals surface area contributed by atoms with Crippen LogP contribution >= 0.6 is 23.2 Å². The third-order valence-electron chi connectivity index (χ3n) is 3.37. The highest BCUT2D eigenvalue weighted by Crippen LogP contribution is 2.32. The number of hydrogen-bond acceptors (Lipinski definition) is 5. The number of aryl methyl sites for hydroxylation is 1. The summed E-state index contributed by atoms with van der Waals surface area (Å²) in [5.74, 6) is 0.541. The predicted molar refractivity (Wildman–Crippen MR) is 97.4 cm³/mol. The van der Waals surface area contributed by atoms with Crippen LogP contribution in [0, 0.1) is 12.7 Å². The zero-order chi connectivity index (χ0) is 18.0. The standard InChI is InChI=1S/C17H13Cl2FN4O/c1-9-6-11(3-4-12(9)18)25-17-15(21)16(22-8-23-17)24-10-2-5-14(20)13(19)7-10/h2-8H,21H2,1H3,(H,22,23,24). The van der Waals surface area contributed by atoms with E-state index in [1.54, 1.807) is 18.2 Å². The highest BCUT2D eigenvalue weighted by molar-refractivity contribution is 6.31. The molecule has 5 nitrogen and oxygen atoms in total. The lowest BCUT2D eigenvalue weighted by Gasteiger charge is -2.12. The summed E-state index contributed by atoms with van der Waals surface area (Å²) in [6.07, 6.45) is 1.31. The monoisotopic (exact) mass is 378 g/mol. The molecule has 0 aliphatic carbocycles. The van der Waals surface area contributed by atoms with E-state index in [1.807, 2.05) is 6.92 Å². The Balaban J connectivity index is 1.86. The van der Waals surface area contributed by atoms with Gasteiger partial charge in [0.25, 0.3) is 0 Å². The molecule has 0 saturated carbocycles. The van der Waals surface area contributed by atoms with Gasteiger partial charge < -0.3 is 15.8 Å². The molecule has 3 rings (SSSR count). The summed E-state index contributed by atoms with van der Waals surface area (Å²) in [5.41, 5.74) is 7.67. The normalized spacial score (nSPS) is 10.6. The van der Waals surface area contributed by atoms with Crippen molar-refractivity contribution in [3.63, 3.8) is 0 Å². The van der Waals surface area contributed by atoms with Crippen LogP contribution in [0.4, 0.5) is 21.6 Å². The first kappa shape index (κ1) is 17.3. The first-order valence-electron chi connectivity index (χ1n) is 7.20. The van der Waals surface area contributed by atoms with Crippen LogP contribution in [-0.2, 0) is 0 Å². The smallest absolute Gasteiger partial charge is 0.248 e. The molecule has 128 valence electrons. The number of nitrogen functional groups attached to an aromatic ring is 1. The van der Waals surface area contributed by atoms with Crippen LogP contribution in [0.5, 0.6) is 11.6 Å². The number of rotatable bonds is 4. The molecule has 25 heavy (non-hydrogen) atoms. The van der Waals surface area contributed by atoms with Gasteiger partial charge in [0.15, 0.2) is 5.82 Å². The number of nitrogens with zero attached hydrogens (tertiary/aromatic N) is 2. The van der Waals surface area contributed by atoms with E-state index in [4.69, 9.17) is 33.7 Å². The maximum absolute atomic E-state index is 13.2. The van der Waals surface area contributed by atoms with Crippen molar-refractivity contribution in [3.05, 3.63) is 64.2 Å². The summed E-state index contributed by atoms with van der Waals surface area (Å²) in [6, 6.07) is 9.41. The van der Waals surface area contributed by atoms with Crippen molar-refractivity contribution in [1.29, 1.82) is 0 Å². The fourth-order valence-corrected chi connectivity index (χ4v) is 2.36. The number of hydrogen-bond donors (Lipinski definition) is 2. The predicted octanol–water partition coefficient (Wildman–Crippen LogP) is 5.35. The molecule has 0 fully saturated rings. The molecule has 0 atom stereocenters. The van der Waals surface area contributed by atoms with Gasteiger partial charge in [-0.2, -0.15) is 4.98 Å². The van der Waals surface area contributed by atoms with Crippen LogP contribution in [0.2, 0.25) is 10.0 Å². The van der Waals surface area contributed by atoms with Gasteiger partial charge >= 0.3 is 0 Å². The fourth-order valence-electron chi connectivity index (χ4n) is 2.06. The van der Waals surface area contributed by atoms with Gasteiger partial charge in [-0.05, 0) is 48.9 Å². The fraction of sp³-hybridized carbons (Fsp3) is 0.0588. The van der Waals surface area contributed by atoms with Gasteiger partial charge in [-0.3, -0.25) is 0 Å². The van der Waals surface area contributed by atoms with E-state index < -0.39 is 5.82 Å². The Morgan fingerprint density at radius 1 is 1.08 bits per heavy atom. The SMILES string of the molecule is Cc1cc(Oc2ncnc(Nc3ccc(F)c(Cl)c3)c2N)ccc1Cl. The van der Waals surface area contributed by atoms with Crippen molar-refractivity contribution < 1.29 is 9.13 Å². The summed E-state index contributed by atoms with van der Waals surface area (Å²) >= 11 is 11.8.